The molecule has 1 heterocycles. The zero-order valence-electron chi connectivity index (χ0n) is 7.86. The van der Waals surface area contributed by atoms with E-state index in [2.05, 4.69) is 13.5 Å². The highest BCUT2D eigenvalue weighted by molar-refractivity contribution is 6.72. The summed E-state index contributed by atoms with van der Waals surface area (Å²) in [5.41, 5.74) is 0. The lowest BCUT2D eigenvalue weighted by Gasteiger charge is -2.31. The van der Waals surface area contributed by atoms with Crippen LogP contribution in [0.5, 0.6) is 0 Å². The van der Waals surface area contributed by atoms with Gasteiger partial charge in [-0.15, -0.1) is 0 Å². The predicted octanol–water partition coefficient (Wildman–Crippen LogP) is 3.17. The number of unbranched alkanes of at least 4 members (excludes halogenated alkanes) is 1. The smallest absolute Gasteiger partial charge is 0.189 e. The first-order valence-corrected chi connectivity index (χ1v) is 7.73. The van der Waals surface area contributed by atoms with Gasteiger partial charge in [0.05, 0.1) is 0 Å². The minimum absolute atomic E-state index is 1.05. The molecule has 2 heteroatoms. The molecule has 66 valence electrons. The largest absolute Gasteiger partial charge is 0.417 e. The van der Waals surface area contributed by atoms with E-state index in [1.54, 1.807) is 0 Å². The maximum atomic E-state index is 5.91. The molecule has 0 spiro atoms. The summed E-state index contributed by atoms with van der Waals surface area (Å²) in [4.78, 5) is 0. The van der Waals surface area contributed by atoms with E-state index in [4.69, 9.17) is 4.43 Å². The van der Waals surface area contributed by atoms with Crippen molar-refractivity contribution in [2.75, 3.05) is 6.61 Å². The van der Waals surface area contributed by atoms with Crippen LogP contribution in [0.2, 0.25) is 18.6 Å². The van der Waals surface area contributed by atoms with Crippen molar-refractivity contribution >= 4 is 8.32 Å². The predicted molar refractivity (Wildman–Crippen MR) is 51.3 cm³/mol. The van der Waals surface area contributed by atoms with Crippen LogP contribution in [0.4, 0.5) is 0 Å². The Kier molecular flexibility index (Phi) is 3.59. The van der Waals surface area contributed by atoms with Gasteiger partial charge in [0, 0.05) is 6.61 Å². The van der Waals surface area contributed by atoms with Crippen LogP contribution in [0.15, 0.2) is 0 Å². The zero-order valence-corrected chi connectivity index (χ0v) is 8.86. The van der Waals surface area contributed by atoms with Crippen molar-refractivity contribution in [3.05, 3.63) is 0 Å². The second kappa shape index (κ2) is 4.26. The van der Waals surface area contributed by atoms with Gasteiger partial charge in [0.2, 0.25) is 0 Å². The van der Waals surface area contributed by atoms with Gasteiger partial charge in [-0.1, -0.05) is 26.2 Å². The third-order valence-corrected chi connectivity index (χ3v) is 6.33. The van der Waals surface area contributed by atoms with E-state index in [9.17, 15) is 0 Å². The molecule has 1 saturated heterocycles. The molecule has 0 saturated carbocycles. The maximum absolute atomic E-state index is 5.91. The van der Waals surface area contributed by atoms with Crippen LogP contribution >= 0.6 is 0 Å². The van der Waals surface area contributed by atoms with Crippen LogP contribution in [-0.4, -0.2) is 14.9 Å². The minimum atomic E-state index is -1.16. The molecule has 1 fully saturated rings. The van der Waals surface area contributed by atoms with Crippen LogP contribution in [0, 0.1) is 0 Å². The highest BCUT2D eigenvalue weighted by Crippen LogP contribution is 2.26. The van der Waals surface area contributed by atoms with Crippen molar-refractivity contribution in [1.29, 1.82) is 0 Å². The Morgan fingerprint density at radius 3 is 2.73 bits per heavy atom. The molecule has 1 nitrogen and oxygen atoms in total. The van der Waals surface area contributed by atoms with E-state index in [-0.39, 0.29) is 0 Å². The fraction of sp³-hybridized carbons (Fsp3) is 1.00. The molecule has 1 atom stereocenters. The summed E-state index contributed by atoms with van der Waals surface area (Å²) >= 11 is 0. The van der Waals surface area contributed by atoms with Gasteiger partial charge in [-0.2, -0.15) is 0 Å². The zero-order chi connectivity index (χ0) is 8.16. The SMILES string of the molecule is CCCC[Si]1(C)CCCCO1. The summed E-state index contributed by atoms with van der Waals surface area (Å²) in [6.07, 6.45) is 5.43. The molecule has 0 aromatic heterocycles. The fourth-order valence-corrected chi connectivity index (χ4v) is 5.01. The second-order valence-corrected chi connectivity index (χ2v) is 8.05. The molecule has 0 amide bonds. The van der Waals surface area contributed by atoms with Crippen LogP contribution < -0.4 is 0 Å². The summed E-state index contributed by atoms with van der Waals surface area (Å²) in [5.74, 6) is 0. The number of hydrogen-bond acceptors (Lipinski definition) is 1. The Morgan fingerprint density at radius 2 is 2.18 bits per heavy atom. The molecule has 0 aromatic rings. The molecular formula is C9H20OSi. The van der Waals surface area contributed by atoms with Gasteiger partial charge >= 0.3 is 0 Å². The Morgan fingerprint density at radius 1 is 1.36 bits per heavy atom. The van der Waals surface area contributed by atoms with Gasteiger partial charge in [-0.05, 0) is 25.1 Å². The fourth-order valence-electron chi connectivity index (χ4n) is 1.74. The van der Waals surface area contributed by atoms with E-state index >= 15 is 0 Å². The molecule has 1 aliphatic rings. The molecule has 1 rings (SSSR count). The number of hydrogen-bond donors (Lipinski definition) is 0. The van der Waals surface area contributed by atoms with E-state index in [1.165, 1.54) is 37.8 Å². The van der Waals surface area contributed by atoms with Crippen molar-refractivity contribution < 1.29 is 4.43 Å². The lowest BCUT2D eigenvalue weighted by Crippen LogP contribution is -2.37. The van der Waals surface area contributed by atoms with E-state index < -0.39 is 8.32 Å². The Bertz CT molecular complexity index is 108. The monoisotopic (exact) mass is 172 g/mol. The second-order valence-electron chi connectivity index (χ2n) is 3.86. The first-order valence-electron chi connectivity index (χ1n) is 4.91. The third kappa shape index (κ3) is 2.95. The van der Waals surface area contributed by atoms with Crippen molar-refractivity contribution in [2.45, 2.75) is 51.2 Å². The summed E-state index contributed by atoms with van der Waals surface area (Å²) in [7, 11) is -1.16. The molecule has 1 aliphatic heterocycles. The lowest BCUT2D eigenvalue weighted by molar-refractivity contribution is 0.269. The number of rotatable bonds is 3. The Labute approximate surface area is 71.3 Å². The van der Waals surface area contributed by atoms with Gasteiger partial charge in [0.15, 0.2) is 8.32 Å². The van der Waals surface area contributed by atoms with Gasteiger partial charge in [0.1, 0.15) is 0 Å². The van der Waals surface area contributed by atoms with E-state index in [1.807, 2.05) is 0 Å². The minimum Gasteiger partial charge on any atom is -0.417 e. The summed E-state index contributed by atoms with van der Waals surface area (Å²) in [6, 6.07) is 2.80. The molecule has 1 unspecified atom stereocenters. The van der Waals surface area contributed by atoms with Gasteiger partial charge in [-0.25, -0.2) is 0 Å². The van der Waals surface area contributed by atoms with Crippen molar-refractivity contribution in [3.8, 4) is 0 Å². The first-order chi connectivity index (χ1) is 5.27. The van der Waals surface area contributed by atoms with Gasteiger partial charge in [0.25, 0.3) is 0 Å². The van der Waals surface area contributed by atoms with Crippen molar-refractivity contribution in [2.24, 2.45) is 0 Å². The molecule has 0 aromatic carbocycles. The molecule has 0 radical (unpaired) electrons. The van der Waals surface area contributed by atoms with Crippen LogP contribution in [0.1, 0.15) is 32.6 Å². The highest BCUT2D eigenvalue weighted by Gasteiger charge is 2.29. The summed E-state index contributed by atoms with van der Waals surface area (Å²) < 4.78 is 5.91. The standard InChI is InChI=1S/C9H20OSi/c1-3-4-8-11(2)9-6-5-7-10-11/h3-9H2,1-2H3. The molecular weight excluding hydrogens is 152 g/mol. The van der Waals surface area contributed by atoms with Crippen molar-refractivity contribution in [3.63, 3.8) is 0 Å². The quantitative estimate of drug-likeness (QED) is 0.594. The van der Waals surface area contributed by atoms with Crippen LogP contribution in [0.3, 0.4) is 0 Å². The Hall–Kier alpha value is 0.177. The average Bonchev–Trinajstić information content (AvgIpc) is 2.03. The first kappa shape index (κ1) is 9.27. The topological polar surface area (TPSA) is 9.23 Å². The average molecular weight is 172 g/mol. The normalized spacial score (nSPS) is 32.2. The molecule has 0 bridgehead atoms. The molecule has 11 heavy (non-hydrogen) atoms. The summed E-state index contributed by atoms with van der Waals surface area (Å²) in [5, 5.41) is 0. The molecule has 0 N–H and O–H groups in total. The lowest BCUT2D eigenvalue weighted by atomic mass is 10.4. The molecule has 0 aliphatic carbocycles. The van der Waals surface area contributed by atoms with E-state index in [0.717, 1.165) is 6.61 Å². The summed E-state index contributed by atoms with van der Waals surface area (Å²) in [6.45, 7) is 5.72. The van der Waals surface area contributed by atoms with E-state index in [0.29, 0.717) is 0 Å². The Balaban J connectivity index is 2.25. The highest BCUT2D eigenvalue weighted by atomic mass is 28.4. The third-order valence-electron chi connectivity index (χ3n) is 2.61. The maximum Gasteiger partial charge on any atom is 0.189 e. The van der Waals surface area contributed by atoms with Crippen molar-refractivity contribution in [1.82, 2.24) is 0 Å². The van der Waals surface area contributed by atoms with Gasteiger partial charge in [-0.3, -0.25) is 0 Å². The van der Waals surface area contributed by atoms with Crippen LogP contribution in [0.25, 0.3) is 0 Å². The van der Waals surface area contributed by atoms with Crippen LogP contribution in [-0.2, 0) is 4.43 Å². The van der Waals surface area contributed by atoms with Gasteiger partial charge < -0.3 is 4.43 Å².